The highest BCUT2D eigenvalue weighted by Gasteiger charge is 1.96. The molecule has 0 saturated carbocycles. The summed E-state index contributed by atoms with van der Waals surface area (Å²) in [4.78, 5) is 19.7. The monoisotopic (exact) mass is 233 g/mol. The van der Waals surface area contributed by atoms with Gasteiger partial charge in [-0.2, -0.15) is 4.89 Å². The smallest absolute Gasteiger partial charge is 0.330 e. The maximum absolute atomic E-state index is 10.8. The lowest BCUT2D eigenvalue weighted by Crippen LogP contribution is -2.06. The fourth-order valence-electron chi connectivity index (χ4n) is 0.587. The molecule has 0 aliphatic rings. The Morgan fingerprint density at radius 3 is 2.80 bits per heavy atom. The summed E-state index contributed by atoms with van der Waals surface area (Å²) < 4.78 is 9.10. The van der Waals surface area contributed by atoms with Gasteiger partial charge in [0.25, 0.3) is 0 Å². The first-order chi connectivity index (χ1) is 7.31. The third kappa shape index (κ3) is 11.2. The molecule has 3 radical (unpaired) electrons. The van der Waals surface area contributed by atoms with E-state index >= 15 is 0 Å². The first-order valence-electron chi connectivity index (χ1n) is 4.30. The number of rotatable bonds is 9. The van der Waals surface area contributed by atoms with E-state index in [0.29, 0.717) is 6.42 Å². The zero-order chi connectivity index (χ0) is 11.4. The lowest BCUT2D eigenvalue weighted by molar-refractivity contribution is -0.523. The van der Waals surface area contributed by atoms with Crippen molar-refractivity contribution in [3.05, 3.63) is 12.2 Å². The molecular formula is C8H13O6Si. The van der Waals surface area contributed by atoms with Crippen LogP contribution in [0.25, 0.3) is 0 Å². The van der Waals surface area contributed by atoms with E-state index in [9.17, 15) is 4.79 Å². The minimum absolute atomic E-state index is 0.0901. The van der Waals surface area contributed by atoms with Gasteiger partial charge < -0.3 is 9.16 Å². The fraction of sp³-hybridized carbons (Fsp3) is 0.625. The number of hydrogen-bond donors (Lipinski definition) is 0. The first kappa shape index (κ1) is 14.3. The van der Waals surface area contributed by atoms with Gasteiger partial charge in [0.05, 0.1) is 13.2 Å². The van der Waals surface area contributed by atoms with Crippen molar-refractivity contribution in [1.82, 2.24) is 0 Å². The highest BCUT2D eigenvalue weighted by Crippen LogP contribution is 1.89. The van der Waals surface area contributed by atoms with Crippen molar-refractivity contribution in [1.29, 1.82) is 0 Å². The van der Waals surface area contributed by atoms with E-state index in [1.807, 2.05) is 0 Å². The molecule has 0 aromatic heterocycles. The third-order valence-electron chi connectivity index (χ3n) is 1.12. The number of carbonyl (C=O) groups excluding carboxylic acids is 1. The van der Waals surface area contributed by atoms with Gasteiger partial charge >= 0.3 is 5.97 Å². The zero-order valence-electron chi connectivity index (χ0n) is 8.43. The van der Waals surface area contributed by atoms with E-state index in [2.05, 4.69) is 29.7 Å². The molecule has 0 aromatic carbocycles. The second-order valence-electron chi connectivity index (χ2n) is 2.29. The van der Waals surface area contributed by atoms with Crippen LogP contribution >= 0.6 is 0 Å². The maximum Gasteiger partial charge on any atom is 0.330 e. The highest BCUT2D eigenvalue weighted by molar-refractivity contribution is 5.97. The SMILES string of the molecule is CC=CC(=O)OCCCOOOCO[Si]. The Hall–Kier alpha value is -0.733. The van der Waals surface area contributed by atoms with Crippen LogP contribution < -0.4 is 0 Å². The molecule has 15 heavy (non-hydrogen) atoms. The zero-order valence-corrected chi connectivity index (χ0v) is 9.43. The second-order valence-corrected chi connectivity index (χ2v) is 2.58. The van der Waals surface area contributed by atoms with E-state index in [4.69, 9.17) is 4.74 Å². The van der Waals surface area contributed by atoms with Crippen molar-refractivity contribution in [2.45, 2.75) is 13.3 Å². The second kappa shape index (κ2) is 11.3. The van der Waals surface area contributed by atoms with E-state index < -0.39 is 0 Å². The summed E-state index contributed by atoms with van der Waals surface area (Å²) in [5.41, 5.74) is 0. The van der Waals surface area contributed by atoms with Crippen LogP contribution in [0, 0.1) is 0 Å². The van der Waals surface area contributed by atoms with Crippen LogP contribution in [0.15, 0.2) is 12.2 Å². The van der Waals surface area contributed by atoms with Crippen molar-refractivity contribution in [2.75, 3.05) is 20.0 Å². The van der Waals surface area contributed by atoms with Crippen molar-refractivity contribution in [3.8, 4) is 0 Å². The molecule has 0 saturated heterocycles. The topological polar surface area (TPSA) is 63.2 Å². The van der Waals surface area contributed by atoms with Crippen LogP contribution in [-0.4, -0.2) is 36.5 Å². The van der Waals surface area contributed by atoms with Crippen LogP contribution in [-0.2, 0) is 28.8 Å². The molecule has 85 valence electrons. The fourth-order valence-corrected chi connectivity index (χ4v) is 0.635. The van der Waals surface area contributed by atoms with Crippen molar-refractivity contribution >= 4 is 16.5 Å². The van der Waals surface area contributed by atoms with Gasteiger partial charge in [-0.1, -0.05) is 11.1 Å². The van der Waals surface area contributed by atoms with Gasteiger partial charge in [-0.15, -0.1) is 0 Å². The van der Waals surface area contributed by atoms with Crippen molar-refractivity contribution < 1.29 is 28.8 Å². The average molecular weight is 233 g/mol. The minimum Gasteiger partial charge on any atom is -0.462 e. The third-order valence-corrected chi connectivity index (χ3v) is 1.24. The predicted octanol–water partition coefficient (Wildman–Crippen LogP) is 0.433. The molecule has 0 spiro atoms. The molecule has 0 aliphatic heterocycles. The molecule has 0 bridgehead atoms. The molecular weight excluding hydrogens is 220 g/mol. The van der Waals surface area contributed by atoms with Gasteiger partial charge in [-0.05, 0) is 6.92 Å². The quantitative estimate of drug-likeness (QED) is 0.109. The Balaban J connectivity index is 3.08. The molecule has 0 aliphatic carbocycles. The van der Waals surface area contributed by atoms with Crippen LogP contribution in [0.1, 0.15) is 13.3 Å². The van der Waals surface area contributed by atoms with Crippen LogP contribution in [0.2, 0.25) is 0 Å². The molecule has 6 nitrogen and oxygen atoms in total. The Kier molecular flexibility index (Phi) is 10.8. The van der Waals surface area contributed by atoms with Gasteiger partial charge in [-0.25, -0.2) is 9.68 Å². The largest absolute Gasteiger partial charge is 0.462 e. The molecule has 0 rings (SSSR count). The summed E-state index contributed by atoms with van der Waals surface area (Å²) >= 11 is 0. The van der Waals surface area contributed by atoms with E-state index in [-0.39, 0.29) is 26.0 Å². The number of hydrogen-bond acceptors (Lipinski definition) is 6. The molecule has 0 fully saturated rings. The van der Waals surface area contributed by atoms with Gasteiger partial charge in [0.15, 0.2) is 6.79 Å². The molecule has 0 aromatic rings. The summed E-state index contributed by atoms with van der Waals surface area (Å²) in [5.74, 6) is -0.373. The van der Waals surface area contributed by atoms with E-state index in [1.165, 1.54) is 6.08 Å². The van der Waals surface area contributed by atoms with Gasteiger partial charge in [0.2, 0.25) is 10.5 Å². The molecule has 0 unspecified atom stereocenters. The Morgan fingerprint density at radius 2 is 2.13 bits per heavy atom. The summed E-state index contributed by atoms with van der Waals surface area (Å²) in [6, 6.07) is 0. The number of carbonyl (C=O) groups is 1. The summed E-state index contributed by atoms with van der Waals surface area (Å²) in [7, 11) is 2.69. The Bertz CT molecular complexity index is 184. The average Bonchev–Trinajstić information content (AvgIpc) is 2.22. The van der Waals surface area contributed by atoms with Crippen LogP contribution in [0.4, 0.5) is 0 Å². The summed E-state index contributed by atoms with van der Waals surface area (Å²) in [6.07, 6.45) is 3.46. The first-order valence-corrected chi connectivity index (χ1v) is 4.71. The standard InChI is InChI=1S/C8H13O6Si/c1-2-4-8(9)10-5-3-6-11-14-12-7-13-15/h2,4H,3,5-7H2,1H3. The molecule has 0 N–H and O–H groups in total. The van der Waals surface area contributed by atoms with Crippen LogP contribution in [0.5, 0.6) is 0 Å². The normalized spacial score (nSPS) is 10.8. The lowest BCUT2D eigenvalue weighted by Gasteiger charge is -2.02. The number of allylic oxidation sites excluding steroid dienone is 1. The minimum atomic E-state index is -0.373. The highest BCUT2D eigenvalue weighted by atomic mass is 28.2. The number of ether oxygens (including phenoxy) is 1. The summed E-state index contributed by atoms with van der Waals surface area (Å²) in [6.45, 7) is 2.17. The Labute approximate surface area is 91.5 Å². The molecule has 7 heteroatoms. The van der Waals surface area contributed by atoms with E-state index in [0.717, 1.165) is 0 Å². The van der Waals surface area contributed by atoms with Crippen molar-refractivity contribution in [3.63, 3.8) is 0 Å². The molecule has 0 heterocycles. The maximum atomic E-state index is 10.8. The molecule has 0 amide bonds. The van der Waals surface area contributed by atoms with Gasteiger partial charge in [0.1, 0.15) is 0 Å². The lowest BCUT2D eigenvalue weighted by atomic mass is 10.5. The molecule has 0 atom stereocenters. The predicted molar refractivity (Wildman–Crippen MR) is 50.2 cm³/mol. The Morgan fingerprint density at radius 1 is 1.33 bits per heavy atom. The number of esters is 1. The van der Waals surface area contributed by atoms with Crippen LogP contribution in [0.3, 0.4) is 0 Å². The van der Waals surface area contributed by atoms with E-state index in [1.54, 1.807) is 13.0 Å². The van der Waals surface area contributed by atoms with Gasteiger partial charge in [-0.3, -0.25) is 0 Å². The van der Waals surface area contributed by atoms with Gasteiger partial charge in [0, 0.05) is 12.5 Å². The summed E-state index contributed by atoms with van der Waals surface area (Å²) in [5, 5.41) is 4.22. The van der Waals surface area contributed by atoms with Crippen molar-refractivity contribution in [2.24, 2.45) is 0 Å².